The average molecular weight is 201 g/mol. The molecule has 0 radical (unpaired) electrons. The fraction of sp³-hybridized carbons (Fsp3) is 0.900. The molecular weight excluding hydrogens is 182 g/mol. The summed E-state index contributed by atoms with van der Waals surface area (Å²) in [6, 6.07) is 0. The zero-order chi connectivity index (χ0) is 10.6. The van der Waals surface area contributed by atoms with E-state index in [-0.39, 0.29) is 12.7 Å². The van der Waals surface area contributed by atoms with Crippen molar-refractivity contribution in [3.05, 3.63) is 0 Å². The fourth-order valence-electron chi connectivity index (χ4n) is 1.58. The maximum atomic E-state index is 10.9. The molecule has 14 heavy (non-hydrogen) atoms. The number of ether oxygens (including phenoxy) is 1. The third-order valence-corrected chi connectivity index (χ3v) is 2.93. The largest absolute Gasteiger partial charge is 0.480 e. The summed E-state index contributed by atoms with van der Waals surface area (Å²) in [6.07, 6.45) is 4.81. The number of carboxylic acids is 1. The van der Waals surface area contributed by atoms with Crippen LogP contribution in [0.4, 0.5) is 0 Å². The van der Waals surface area contributed by atoms with Gasteiger partial charge in [-0.25, -0.2) is 0 Å². The molecule has 0 spiro atoms. The molecule has 4 nitrogen and oxygen atoms in total. The summed E-state index contributed by atoms with van der Waals surface area (Å²) < 4.78 is 5.58. The Morgan fingerprint density at radius 2 is 2.14 bits per heavy atom. The molecule has 0 aromatic rings. The summed E-state index contributed by atoms with van der Waals surface area (Å²) in [5, 5.41) is 11.7. The van der Waals surface area contributed by atoms with Crippen molar-refractivity contribution in [2.24, 2.45) is 0 Å². The Morgan fingerprint density at radius 1 is 1.57 bits per heavy atom. The van der Waals surface area contributed by atoms with Gasteiger partial charge in [-0.15, -0.1) is 0 Å². The lowest BCUT2D eigenvalue weighted by atomic mass is 10.1. The molecule has 1 atom stereocenters. The van der Waals surface area contributed by atoms with Crippen molar-refractivity contribution in [1.82, 2.24) is 5.32 Å². The normalized spacial score (nSPS) is 22.1. The van der Waals surface area contributed by atoms with E-state index >= 15 is 0 Å². The highest BCUT2D eigenvalue weighted by Crippen LogP contribution is 2.22. The molecule has 0 saturated heterocycles. The van der Waals surface area contributed by atoms with Crippen molar-refractivity contribution in [2.45, 2.75) is 44.2 Å². The highest BCUT2D eigenvalue weighted by atomic mass is 16.5. The van der Waals surface area contributed by atoms with Gasteiger partial charge in [-0.05, 0) is 26.8 Å². The molecule has 0 bridgehead atoms. The van der Waals surface area contributed by atoms with E-state index in [9.17, 15) is 4.79 Å². The van der Waals surface area contributed by atoms with Gasteiger partial charge in [-0.1, -0.05) is 12.8 Å². The predicted molar refractivity (Wildman–Crippen MR) is 53.3 cm³/mol. The van der Waals surface area contributed by atoms with Crippen LogP contribution in [0.1, 0.15) is 32.6 Å². The van der Waals surface area contributed by atoms with Gasteiger partial charge in [0, 0.05) is 0 Å². The zero-order valence-corrected chi connectivity index (χ0v) is 8.88. The van der Waals surface area contributed by atoms with Crippen molar-refractivity contribution in [3.8, 4) is 0 Å². The molecule has 0 heterocycles. The first-order valence-corrected chi connectivity index (χ1v) is 5.12. The SMILES string of the molecule is CNC(C)(COC1CCCC1)C(=O)O. The van der Waals surface area contributed by atoms with Crippen LogP contribution in [0.25, 0.3) is 0 Å². The van der Waals surface area contributed by atoms with Gasteiger partial charge >= 0.3 is 5.97 Å². The van der Waals surface area contributed by atoms with E-state index in [1.165, 1.54) is 12.8 Å². The second kappa shape index (κ2) is 4.75. The zero-order valence-electron chi connectivity index (χ0n) is 8.88. The first kappa shape index (κ1) is 11.5. The van der Waals surface area contributed by atoms with Gasteiger partial charge in [0.2, 0.25) is 0 Å². The number of hydrogen-bond donors (Lipinski definition) is 2. The van der Waals surface area contributed by atoms with Crippen LogP contribution in [-0.2, 0) is 9.53 Å². The summed E-state index contributed by atoms with van der Waals surface area (Å²) in [7, 11) is 1.64. The molecular formula is C10H19NO3. The number of hydrogen-bond acceptors (Lipinski definition) is 3. The van der Waals surface area contributed by atoms with Crippen LogP contribution in [0.15, 0.2) is 0 Å². The molecule has 0 aliphatic heterocycles. The van der Waals surface area contributed by atoms with Crippen LogP contribution < -0.4 is 5.32 Å². The lowest BCUT2D eigenvalue weighted by Crippen LogP contribution is -2.51. The molecule has 1 unspecified atom stereocenters. The third kappa shape index (κ3) is 2.69. The maximum absolute atomic E-state index is 10.9. The highest BCUT2D eigenvalue weighted by Gasteiger charge is 2.32. The standard InChI is InChI=1S/C10H19NO3/c1-10(11-2,9(12)13)7-14-8-5-3-4-6-8/h8,11H,3-7H2,1-2H3,(H,12,13). The lowest BCUT2D eigenvalue weighted by Gasteiger charge is -2.25. The summed E-state index contributed by atoms with van der Waals surface area (Å²) in [5.74, 6) is -0.863. The molecule has 0 aromatic carbocycles. The molecule has 2 N–H and O–H groups in total. The van der Waals surface area contributed by atoms with Crippen molar-refractivity contribution in [1.29, 1.82) is 0 Å². The predicted octanol–water partition coefficient (Wildman–Crippen LogP) is 1.01. The molecule has 0 amide bonds. The third-order valence-electron chi connectivity index (χ3n) is 2.93. The van der Waals surface area contributed by atoms with Crippen LogP contribution in [0.3, 0.4) is 0 Å². The Labute approximate surface area is 84.6 Å². The monoisotopic (exact) mass is 201 g/mol. The number of likely N-dealkylation sites (N-methyl/N-ethyl adjacent to an activating group) is 1. The Hall–Kier alpha value is -0.610. The molecule has 1 aliphatic carbocycles. The fourth-order valence-corrected chi connectivity index (χ4v) is 1.58. The van der Waals surface area contributed by atoms with E-state index in [1.807, 2.05) is 0 Å². The van der Waals surface area contributed by atoms with Crippen LogP contribution >= 0.6 is 0 Å². The van der Waals surface area contributed by atoms with Gasteiger partial charge in [0.05, 0.1) is 12.7 Å². The maximum Gasteiger partial charge on any atom is 0.326 e. The van der Waals surface area contributed by atoms with Crippen molar-refractivity contribution in [2.75, 3.05) is 13.7 Å². The summed E-state index contributed by atoms with van der Waals surface area (Å²) in [4.78, 5) is 10.9. The summed E-state index contributed by atoms with van der Waals surface area (Å²) >= 11 is 0. The molecule has 0 aromatic heterocycles. The number of carboxylic acid groups (broad SMARTS) is 1. The van der Waals surface area contributed by atoms with Gasteiger partial charge < -0.3 is 15.2 Å². The number of carbonyl (C=O) groups is 1. The van der Waals surface area contributed by atoms with Gasteiger partial charge in [0.1, 0.15) is 5.54 Å². The minimum absolute atomic E-state index is 0.240. The Kier molecular flexibility index (Phi) is 3.89. The van der Waals surface area contributed by atoms with Gasteiger partial charge in [-0.3, -0.25) is 4.79 Å². The van der Waals surface area contributed by atoms with Gasteiger partial charge in [0.25, 0.3) is 0 Å². The van der Waals surface area contributed by atoms with Gasteiger partial charge in [0.15, 0.2) is 0 Å². The van der Waals surface area contributed by atoms with Crippen LogP contribution in [0.5, 0.6) is 0 Å². The lowest BCUT2D eigenvalue weighted by molar-refractivity contribution is -0.147. The summed E-state index contributed by atoms with van der Waals surface area (Å²) in [6.45, 7) is 1.88. The first-order chi connectivity index (χ1) is 6.58. The summed E-state index contributed by atoms with van der Waals surface area (Å²) in [5.41, 5.74) is -0.956. The van der Waals surface area contributed by atoms with Crippen LogP contribution in [0.2, 0.25) is 0 Å². The number of aliphatic carboxylic acids is 1. The van der Waals surface area contributed by atoms with Crippen LogP contribution in [0, 0.1) is 0 Å². The van der Waals surface area contributed by atoms with Crippen molar-refractivity contribution < 1.29 is 14.6 Å². The quantitative estimate of drug-likeness (QED) is 0.697. The average Bonchev–Trinajstić information content (AvgIpc) is 2.66. The first-order valence-electron chi connectivity index (χ1n) is 5.12. The van der Waals surface area contributed by atoms with Gasteiger partial charge in [-0.2, -0.15) is 0 Å². The molecule has 1 aliphatic rings. The highest BCUT2D eigenvalue weighted by molar-refractivity contribution is 5.78. The van der Waals surface area contributed by atoms with Crippen molar-refractivity contribution >= 4 is 5.97 Å². The molecule has 1 rings (SSSR count). The Bertz CT molecular complexity index is 202. The molecule has 82 valence electrons. The number of rotatable bonds is 5. The van der Waals surface area contributed by atoms with E-state index in [1.54, 1.807) is 14.0 Å². The minimum atomic E-state index is -0.956. The Balaban J connectivity index is 2.36. The van der Waals surface area contributed by atoms with E-state index < -0.39 is 11.5 Å². The van der Waals surface area contributed by atoms with E-state index in [4.69, 9.17) is 9.84 Å². The second-order valence-corrected chi connectivity index (χ2v) is 4.10. The van der Waals surface area contributed by atoms with E-state index in [0.717, 1.165) is 12.8 Å². The number of nitrogens with one attached hydrogen (secondary N) is 1. The molecule has 1 fully saturated rings. The molecule has 4 heteroatoms. The smallest absolute Gasteiger partial charge is 0.326 e. The van der Waals surface area contributed by atoms with Crippen molar-refractivity contribution in [3.63, 3.8) is 0 Å². The minimum Gasteiger partial charge on any atom is -0.480 e. The topological polar surface area (TPSA) is 58.6 Å². The molecule has 1 saturated carbocycles. The van der Waals surface area contributed by atoms with E-state index in [2.05, 4.69) is 5.32 Å². The Morgan fingerprint density at radius 3 is 2.57 bits per heavy atom. The van der Waals surface area contributed by atoms with Crippen LogP contribution in [-0.4, -0.2) is 36.4 Å². The van der Waals surface area contributed by atoms with E-state index in [0.29, 0.717) is 0 Å². The second-order valence-electron chi connectivity index (χ2n) is 4.10.